The number of nitrogens with zero attached hydrogens (tertiary/aromatic N) is 1. The highest BCUT2D eigenvalue weighted by molar-refractivity contribution is 6.30. The van der Waals surface area contributed by atoms with E-state index in [1.165, 1.54) is 17.0 Å². The number of amides is 1. The van der Waals surface area contributed by atoms with Crippen LogP contribution < -0.4 is 15.4 Å². The van der Waals surface area contributed by atoms with Gasteiger partial charge in [-0.25, -0.2) is 4.39 Å². The summed E-state index contributed by atoms with van der Waals surface area (Å²) in [5.74, 6) is -1.19. The monoisotopic (exact) mass is 419 g/mol. The van der Waals surface area contributed by atoms with Crippen molar-refractivity contribution in [3.63, 3.8) is 0 Å². The number of carbonyl (C=O) groups excluding carboxylic acids is 1. The maximum atomic E-state index is 13.2. The maximum Gasteiger partial charge on any atom is 0.405 e. The van der Waals surface area contributed by atoms with Crippen LogP contribution in [0.4, 0.5) is 17.6 Å². The first-order valence-corrected chi connectivity index (χ1v) is 8.01. The molecule has 1 amide bonds. The van der Waals surface area contributed by atoms with Gasteiger partial charge in [-0.2, -0.15) is 13.2 Å². The summed E-state index contributed by atoms with van der Waals surface area (Å²) in [4.78, 5) is 13.0. The Labute approximate surface area is 159 Å². The Bertz CT molecular complexity index is 599. The average molecular weight is 420 g/mol. The van der Waals surface area contributed by atoms with E-state index in [9.17, 15) is 22.4 Å². The molecule has 1 heterocycles. The van der Waals surface area contributed by atoms with Crippen LogP contribution in [0.25, 0.3) is 0 Å². The first-order valence-electron chi connectivity index (χ1n) is 7.63. The third kappa shape index (κ3) is 6.79. The number of alkyl halides is 3. The van der Waals surface area contributed by atoms with Crippen LogP contribution in [-0.4, -0.2) is 62.4 Å². The highest BCUT2D eigenvalue weighted by atomic mass is 35.5. The van der Waals surface area contributed by atoms with Crippen LogP contribution in [0.2, 0.25) is 5.02 Å². The molecule has 1 aromatic rings. The van der Waals surface area contributed by atoms with Crippen LogP contribution in [-0.2, 0) is 4.79 Å². The van der Waals surface area contributed by atoms with E-state index in [1.54, 1.807) is 0 Å². The van der Waals surface area contributed by atoms with E-state index in [0.29, 0.717) is 13.1 Å². The van der Waals surface area contributed by atoms with E-state index in [-0.39, 0.29) is 36.3 Å². The van der Waals surface area contributed by atoms with E-state index >= 15 is 0 Å². The highest BCUT2D eigenvalue weighted by Gasteiger charge is 2.43. The SMILES string of the molecule is Cl.O=C(COc1ccc(F)c(Cl)c1)NCC(N1CCNCC1)C(F)(F)F. The first-order chi connectivity index (χ1) is 11.8. The number of ether oxygens (including phenoxy) is 1. The second kappa shape index (κ2) is 10.1. The van der Waals surface area contributed by atoms with Gasteiger partial charge in [0.25, 0.3) is 5.91 Å². The normalized spacial score (nSPS) is 16.5. The minimum atomic E-state index is -4.45. The molecule has 5 nitrogen and oxygen atoms in total. The van der Waals surface area contributed by atoms with Gasteiger partial charge in [0.05, 0.1) is 5.02 Å². The standard InChI is InChI=1S/C15H18ClF4N3O2.ClH/c16-11-7-10(1-2-12(11)17)25-9-14(24)22-8-13(15(18,19)20)23-5-3-21-4-6-23;/h1-2,7,13,21H,3-6,8-9H2,(H,22,24);1H. The number of hydrogen-bond donors (Lipinski definition) is 2. The predicted molar refractivity (Wildman–Crippen MR) is 91.4 cm³/mol. The molecular formula is C15H19Cl2F4N3O2. The van der Waals surface area contributed by atoms with Crippen molar-refractivity contribution < 1.29 is 27.1 Å². The summed E-state index contributed by atoms with van der Waals surface area (Å²) in [5.41, 5.74) is 0. The zero-order valence-electron chi connectivity index (χ0n) is 13.6. The fourth-order valence-electron chi connectivity index (χ4n) is 2.42. The molecule has 2 N–H and O–H groups in total. The van der Waals surface area contributed by atoms with Gasteiger partial charge >= 0.3 is 6.18 Å². The molecule has 1 saturated heterocycles. The molecule has 1 aliphatic rings. The van der Waals surface area contributed by atoms with E-state index in [2.05, 4.69) is 10.6 Å². The number of piperazine rings is 1. The number of rotatable bonds is 6. The predicted octanol–water partition coefficient (Wildman–Crippen LogP) is 2.23. The van der Waals surface area contributed by atoms with Crippen LogP contribution in [0.1, 0.15) is 0 Å². The quantitative estimate of drug-likeness (QED) is 0.694. The van der Waals surface area contributed by atoms with Crippen molar-refractivity contribution in [1.82, 2.24) is 15.5 Å². The van der Waals surface area contributed by atoms with Crippen molar-refractivity contribution in [3.8, 4) is 5.75 Å². The van der Waals surface area contributed by atoms with Gasteiger partial charge in [0.15, 0.2) is 6.61 Å². The van der Waals surface area contributed by atoms with Crippen molar-refractivity contribution in [1.29, 1.82) is 0 Å². The molecule has 0 radical (unpaired) electrons. The van der Waals surface area contributed by atoms with E-state index < -0.39 is 37.1 Å². The van der Waals surface area contributed by atoms with Gasteiger partial charge in [-0.15, -0.1) is 12.4 Å². The molecular weight excluding hydrogens is 401 g/mol. The van der Waals surface area contributed by atoms with Gasteiger partial charge < -0.3 is 15.4 Å². The molecule has 1 atom stereocenters. The van der Waals surface area contributed by atoms with Gasteiger partial charge in [0.2, 0.25) is 0 Å². The van der Waals surface area contributed by atoms with Gasteiger partial charge in [-0.3, -0.25) is 9.69 Å². The fourth-order valence-corrected chi connectivity index (χ4v) is 2.59. The van der Waals surface area contributed by atoms with Gasteiger partial charge in [-0.1, -0.05) is 11.6 Å². The lowest BCUT2D eigenvalue weighted by Crippen LogP contribution is -2.57. The fraction of sp³-hybridized carbons (Fsp3) is 0.533. The molecule has 0 aliphatic carbocycles. The maximum absolute atomic E-state index is 13.2. The second-order valence-electron chi connectivity index (χ2n) is 5.51. The van der Waals surface area contributed by atoms with Crippen molar-refractivity contribution in [2.75, 3.05) is 39.3 Å². The molecule has 1 fully saturated rings. The van der Waals surface area contributed by atoms with Crippen molar-refractivity contribution in [2.24, 2.45) is 0 Å². The lowest BCUT2D eigenvalue weighted by Gasteiger charge is -2.35. The summed E-state index contributed by atoms with van der Waals surface area (Å²) in [5, 5.41) is 5.04. The van der Waals surface area contributed by atoms with Gasteiger partial charge in [0.1, 0.15) is 17.6 Å². The number of benzene rings is 1. The lowest BCUT2D eigenvalue weighted by atomic mass is 10.2. The summed E-state index contributed by atoms with van der Waals surface area (Å²) in [6, 6.07) is 1.77. The number of carbonyl (C=O) groups is 1. The van der Waals surface area contributed by atoms with Crippen molar-refractivity contribution in [3.05, 3.63) is 29.0 Å². The van der Waals surface area contributed by atoms with E-state index in [4.69, 9.17) is 16.3 Å². The Hall–Kier alpha value is -1.29. The largest absolute Gasteiger partial charge is 0.484 e. The molecule has 0 spiro atoms. The third-order valence-electron chi connectivity index (χ3n) is 3.72. The highest BCUT2D eigenvalue weighted by Crippen LogP contribution is 2.25. The van der Waals surface area contributed by atoms with Crippen LogP contribution >= 0.6 is 24.0 Å². The number of halogens is 6. The summed E-state index contributed by atoms with van der Waals surface area (Å²) < 4.78 is 57.7. The van der Waals surface area contributed by atoms with Gasteiger partial charge in [0, 0.05) is 38.8 Å². The summed E-state index contributed by atoms with van der Waals surface area (Å²) >= 11 is 5.58. The van der Waals surface area contributed by atoms with Crippen molar-refractivity contribution in [2.45, 2.75) is 12.2 Å². The van der Waals surface area contributed by atoms with Gasteiger partial charge in [-0.05, 0) is 12.1 Å². The molecule has 11 heteroatoms. The number of hydrogen-bond acceptors (Lipinski definition) is 4. The summed E-state index contributed by atoms with van der Waals surface area (Å²) in [6.45, 7) is 0.392. The molecule has 1 aliphatic heterocycles. The van der Waals surface area contributed by atoms with Crippen LogP contribution in [0, 0.1) is 5.82 Å². The topological polar surface area (TPSA) is 53.6 Å². The molecule has 2 rings (SSSR count). The Morgan fingerprint density at radius 1 is 1.35 bits per heavy atom. The molecule has 1 aromatic carbocycles. The Kier molecular flexibility index (Phi) is 8.88. The molecule has 0 aromatic heterocycles. The van der Waals surface area contributed by atoms with Crippen LogP contribution in [0.15, 0.2) is 18.2 Å². The molecule has 0 bridgehead atoms. The minimum absolute atomic E-state index is 0. The Morgan fingerprint density at radius 2 is 2.00 bits per heavy atom. The average Bonchev–Trinajstić information content (AvgIpc) is 2.56. The summed E-state index contributed by atoms with van der Waals surface area (Å²) in [7, 11) is 0. The van der Waals surface area contributed by atoms with Crippen LogP contribution in [0.3, 0.4) is 0 Å². The van der Waals surface area contributed by atoms with Crippen LogP contribution in [0.5, 0.6) is 5.75 Å². The Balaban J connectivity index is 0.00000338. The van der Waals surface area contributed by atoms with Crippen molar-refractivity contribution >= 4 is 29.9 Å². The minimum Gasteiger partial charge on any atom is -0.484 e. The molecule has 26 heavy (non-hydrogen) atoms. The first kappa shape index (κ1) is 22.8. The zero-order valence-corrected chi connectivity index (χ0v) is 15.2. The lowest BCUT2D eigenvalue weighted by molar-refractivity contribution is -0.184. The Morgan fingerprint density at radius 3 is 2.58 bits per heavy atom. The number of nitrogens with one attached hydrogen (secondary N) is 2. The molecule has 0 saturated carbocycles. The third-order valence-corrected chi connectivity index (χ3v) is 4.01. The summed E-state index contributed by atoms with van der Waals surface area (Å²) in [6.07, 6.45) is -4.45. The van der Waals surface area contributed by atoms with E-state index in [1.807, 2.05) is 0 Å². The molecule has 148 valence electrons. The second-order valence-corrected chi connectivity index (χ2v) is 5.92. The zero-order chi connectivity index (χ0) is 18.4. The van der Waals surface area contributed by atoms with E-state index in [0.717, 1.165) is 6.07 Å². The molecule has 1 unspecified atom stereocenters. The smallest absolute Gasteiger partial charge is 0.405 e.